The van der Waals surface area contributed by atoms with Crippen molar-refractivity contribution >= 4 is 11.6 Å². The van der Waals surface area contributed by atoms with Crippen molar-refractivity contribution in [3.05, 3.63) is 53.2 Å². The van der Waals surface area contributed by atoms with Crippen LogP contribution in [-0.4, -0.2) is 4.98 Å². The standard InChI is InChI=1S/C14H14ClN/c1-2-3-11-4-6-12(7-5-11)14-10-13(15)8-9-16-14/h4-10H,2-3H2,1H3. The van der Waals surface area contributed by atoms with E-state index in [9.17, 15) is 0 Å². The van der Waals surface area contributed by atoms with Gasteiger partial charge in [-0.25, -0.2) is 0 Å². The normalized spacial score (nSPS) is 10.4. The summed E-state index contributed by atoms with van der Waals surface area (Å²) < 4.78 is 0. The predicted octanol–water partition coefficient (Wildman–Crippen LogP) is 4.35. The highest BCUT2D eigenvalue weighted by molar-refractivity contribution is 6.30. The fourth-order valence-electron chi connectivity index (χ4n) is 1.69. The van der Waals surface area contributed by atoms with Gasteiger partial charge in [-0.05, 0) is 24.1 Å². The summed E-state index contributed by atoms with van der Waals surface area (Å²) in [5, 5.41) is 0.725. The zero-order chi connectivity index (χ0) is 11.4. The van der Waals surface area contributed by atoms with Gasteiger partial charge in [0, 0.05) is 16.8 Å². The minimum atomic E-state index is 0.725. The molecular weight excluding hydrogens is 218 g/mol. The number of hydrogen-bond donors (Lipinski definition) is 0. The van der Waals surface area contributed by atoms with Crippen LogP contribution in [0.1, 0.15) is 18.9 Å². The Bertz CT molecular complexity index is 462. The number of nitrogens with zero attached hydrogens (tertiary/aromatic N) is 1. The first-order chi connectivity index (χ1) is 7.79. The maximum Gasteiger partial charge on any atom is 0.0716 e. The summed E-state index contributed by atoms with van der Waals surface area (Å²) in [4.78, 5) is 4.30. The highest BCUT2D eigenvalue weighted by atomic mass is 35.5. The summed E-state index contributed by atoms with van der Waals surface area (Å²) in [7, 11) is 0. The predicted molar refractivity (Wildman–Crippen MR) is 68.7 cm³/mol. The second-order valence-electron chi connectivity index (χ2n) is 3.81. The maximum absolute atomic E-state index is 5.94. The lowest BCUT2D eigenvalue weighted by Gasteiger charge is -2.03. The zero-order valence-corrected chi connectivity index (χ0v) is 10.0. The van der Waals surface area contributed by atoms with Gasteiger partial charge in [-0.15, -0.1) is 0 Å². The molecule has 0 spiro atoms. The van der Waals surface area contributed by atoms with Gasteiger partial charge >= 0.3 is 0 Å². The molecule has 1 aromatic carbocycles. The topological polar surface area (TPSA) is 12.9 Å². The minimum Gasteiger partial charge on any atom is -0.256 e. The first-order valence-corrected chi connectivity index (χ1v) is 5.88. The summed E-state index contributed by atoms with van der Waals surface area (Å²) in [6.07, 6.45) is 4.04. The lowest BCUT2D eigenvalue weighted by atomic mass is 10.1. The molecule has 82 valence electrons. The van der Waals surface area contributed by atoms with Crippen LogP contribution in [-0.2, 0) is 6.42 Å². The molecule has 1 heterocycles. The quantitative estimate of drug-likeness (QED) is 0.765. The van der Waals surface area contributed by atoms with Gasteiger partial charge in [-0.3, -0.25) is 4.98 Å². The Morgan fingerprint density at radius 1 is 1.12 bits per heavy atom. The van der Waals surface area contributed by atoms with Crippen LogP contribution in [0.2, 0.25) is 5.02 Å². The average Bonchev–Trinajstić information content (AvgIpc) is 2.30. The first kappa shape index (κ1) is 11.2. The molecule has 0 N–H and O–H groups in total. The molecule has 2 heteroatoms. The van der Waals surface area contributed by atoms with Gasteiger partial charge in [0.1, 0.15) is 0 Å². The molecule has 1 aromatic heterocycles. The Morgan fingerprint density at radius 3 is 2.50 bits per heavy atom. The average molecular weight is 232 g/mol. The number of hydrogen-bond acceptors (Lipinski definition) is 1. The zero-order valence-electron chi connectivity index (χ0n) is 9.28. The molecule has 1 nitrogen and oxygen atoms in total. The maximum atomic E-state index is 5.94. The molecular formula is C14H14ClN. The molecule has 0 unspecified atom stereocenters. The molecule has 0 atom stereocenters. The van der Waals surface area contributed by atoms with E-state index in [0.29, 0.717) is 0 Å². The van der Waals surface area contributed by atoms with Crippen molar-refractivity contribution in [1.29, 1.82) is 0 Å². The minimum absolute atomic E-state index is 0.725. The van der Waals surface area contributed by atoms with Gasteiger partial charge in [0.25, 0.3) is 0 Å². The first-order valence-electron chi connectivity index (χ1n) is 5.50. The van der Waals surface area contributed by atoms with Crippen molar-refractivity contribution in [2.24, 2.45) is 0 Å². The van der Waals surface area contributed by atoms with Gasteiger partial charge in [0.05, 0.1) is 5.69 Å². The number of aromatic nitrogens is 1. The van der Waals surface area contributed by atoms with Gasteiger partial charge in [-0.1, -0.05) is 49.2 Å². The fourth-order valence-corrected chi connectivity index (χ4v) is 1.85. The Balaban J connectivity index is 2.27. The van der Waals surface area contributed by atoms with Crippen LogP contribution in [0.25, 0.3) is 11.3 Å². The van der Waals surface area contributed by atoms with E-state index in [1.54, 1.807) is 12.3 Å². The third-order valence-corrected chi connectivity index (χ3v) is 2.75. The van der Waals surface area contributed by atoms with E-state index >= 15 is 0 Å². The summed E-state index contributed by atoms with van der Waals surface area (Å²) in [6.45, 7) is 2.19. The lowest BCUT2D eigenvalue weighted by Crippen LogP contribution is -1.85. The highest BCUT2D eigenvalue weighted by Crippen LogP contribution is 2.20. The number of rotatable bonds is 3. The highest BCUT2D eigenvalue weighted by Gasteiger charge is 1.99. The second kappa shape index (κ2) is 5.13. The molecule has 0 fully saturated rings. The van der Waals surface area contributed by atoms with Crippen molar-refractivity contribution in [1.82, 2.24) is 4.98 Å². The van der Waals surface area contributed by atoms with E-state index in [1.165, 1.54) is 12.0 Å². The molecule has 2 aromatic rings. The number of pyridine rings is 1. The number of halogens is 1. The van der Waals surface area contributed by atoms with E-state index in [0.717, 1.165) is 22.7 Å². The molecule has 16 heavy (non-hydrogen) atoms. The Kier molecular flexibility index (Phi) is 3.58. The van der Waals surface area contributed by atoms with Crippen LogP contribution in [0, 0.1) is 0 Å². The summed E-state index contributed by atoms with van der Waals surface area (Å²) in [5.74, 6) is 0. The van der Waals surface area contributed by atoms with Gasteiger partial charge in [-0.2, -0.15) is 0 Å². The van der Waals surface area contributed by atoms with E-state index in [-0.39, 0.29) is 0 Å². The number of aryl methyl sites for hydroxylation is 1. The van der Waals surface area contributed by atoms with Crippen LogP contribution in [0.15, 0.2) is 42.6 Å². The largest absolute Gasteiger partial charge is 0.256 e. The van der Waals surface area contributed by atoms with E-state index in [1.807, 2.05) is 6.07 Å². The smallest absolute Gasteiger partial charge is 0.0716 e. The SMILES string of the molecule is CCCc1ccc(-c2cc(Cl)ccn2)cc1. The molecule has 0 bridgehead atoms. The van der Waals surface area contributed by atoms with Crippen molar-refractivity contribution in [3.8, 4) is 11.3 Å². The molecule has 0 saturated heterocycles. The van der Waals surface area contributed by atoms with Crippen molar-refractivity contribution in [2.75, 3.05) is 0 Å². The number of benzene rings is 1. The Morgan fingerprint density at radius 2 is 1.88 bits per heavy atom. The van der Waals surface area contributed by atoms with E-state index < -0.39 is 0 Å². The van der Waals surface area contributed by atoms with Crippen LogP contribution < -0.4 is 0 Å². The van der Waals surface area contributed by atoms with Gasteiger partial charge in [0.15, 0.2) is 0 Å². The van der Waals surface area contributed by atoms with Crippen molar-refractivity contribution in [3.63, 3.8) is 0 Å². The summed E-state index contributed by atoms with van der Waals surface area (Å²) >= 11 is 5.94. The Labute approximate surface area is 101 Å². The molecule has 0 saturated carbocycles. The monoisotopic (exact) mass is 231 g/mol. The molecule has 0 aliphatic rings. The van der Waals surface area contributed by atoms with Gasteiger partial charge < -0.3 is 0 Å². The molecule has 0 radical (unpaired) electrons. The van der Waals surface area contributed by atoms with Crippen LogP contribution in [0.3, 0.4) is 0 Å². The summed E-state index contributed by atoms with van der Waals surface area (Å²) in [6, 6.07) is 12.2. The van der Waals surface area contributed by atoms with E-state index in [2.05, 4.69) is 36.2 Å². The fraction of sp³-hybridized carbons (Fsp3) is 0.214. The van der Waals surface area contributed by atoms with Crippen LogP contribution >= 0.6 is 11.6 Å². The second-order valence-corrected chi connectivity index (χ2v) is 4.24. The van der Waals surface area contributed by atoms with Gasteiger partial charge in [0.2, 0.25) is 0 Å². The molecule has 0 amide bonds. The van der Waals surface area contributed by atoms with Crippen LogP contribution in [0.5, 0.6) is 0 Å². The third-order valence-electron chi connectivity index (χ3n) is 2.51. The molecule has 0 aliphatic carbocycles. The third kappa shape index (κ3) is 2.61. The molecule has 2 rings (SSSR count). The van der Waals surface area contributed by atoms with Crippen LogP contribution in [0.4, 0.5) is 0 Å². The lowest BCUT2D eigenvalue weighted by molar-refractivity contribution is 0.922. The van der Waals surface area contributed by atoms with Crippen molar-refractivity contribution < 1.29 is 0 Å². The van der Waals surface area contributed by atoms with E-state index in [4.69, 9.17) is 11.6 Å². The Hall–Kier alpha value is -1.34. The molecule has 0 aliphatic heterocycles. The summed E-state index contributed by atoms with van der Waals surface area (Å²) in [5.41, 5.74) is 3.41. The van der Waals surface area contributed by atoms with Crippen molar-refractivity contribution in [2.45, 2.75) is 19.8 Å².